The molecule has 0 atom stereocenters. The van der Waals surface area contributed by atoms with Gasteiger partial charge in [-0.3, -0.25) is 19.3 Å². The zero-order chi connectivity index (χ0) is 10.4. The molecule has 0 spiro atoms. The standard InChI is InChI=1S/C6H9NO6.2Li.2H/c8-4(9)1-7(2-5(10)11)3-6(12)13;;;;/h1-3H2,(H,8,9)(H,10,11)(H,12,13);;;;. The Morgan fingerprint density at radius 1 is 0.733 bits per heavy atom. The average molecular weight is 207 g/mol. The molecule has 0 aliphatic carbocycles. The van der Waals surface area contributed by atoms with Crippen LogP contribution in [0.15, 0.2) is 0 Å². The zero-order valence-corrected chi connectivity index (χ0v) is 6.63. The molecule has 9 heteroatoms. The zero-order valence-electron chi connectivity index (χ0n) is 6.63. The van der Waals surface area contributed by atoms with Gasteiger partial charge in [0.25, 0.3) is 0 Å². The SMILES string of the molecule is O=C(O)CN(CC(=O)O)CC(=O)O.[LiH].[LiH]. The molecule has 0 radical (unpaired) electrons. The summed E-state index contributed by atoms with van der Waals surface area (Å²) >= 11 is 0. The number of hydrogen-bond donors (Lipinski definition) is 3. The molecule has 0 rings (SSSR count). The number of carboxylic acids is 3. The van der Waals surface area contributed by atoms with Crippen LogP contribution < -0.4 is 0 Å². The predicted octanol–water partition coefficient (Wildman–Crippen LogP) is -2.75. The van der Waals surface area contributed by atoms with Gasteiger partial charge in [-0.2, -0.15) is 0 Å². The number of hydrogen-bond acceptors (Lipinski definition) is 4. The van der Waals surface area contributed by atoms with Gasteiger partial charge in [0.1, 0.15) is 0 Å². The van der Waals surface area contributed by atoms with Crippen LogP contribution in [0.3, 0.4) is 0 Å². The third-order valence-electron chi connectivity index (χ3n) is 1.08. The molecule has 7 nitrogen and oxygen atoms in total. The van der Waals surface area contributed by atoms with Crippen molar-refractivity contribution in [3.05, 3.63) is 0 Å². The van der Waals surface area contributed by atoms with Gasteiger partial charge in [0, 0.05) is 0 Å². The van der Waals surface area contributed by atoms with Gasteiger partial charge in [-0.25, -0.2) is 0 Å². The summed E-state index contributed by atoms with van der Waals surface area (Å²) in [5.41, 5.74) is 0. The first-order valence-corrected chi connectivity index (χ1v) is 3.29. The Bertz CT molecular complexity index is 196. The molecule has 0 amide bonds. The monoisotopic (exact) mass is 207 g/mol. The van der Waals surface area contributed by atoms with Gasteiger partial charge in [0.2, 0.25) is 0 Å². The van der Waals surface area contributed by atoms with Gasteiger partial charge in [-0.1, -0.05) is 0 Å². The normalized spacial score (nSPS) is 8.60. The molecule has 0 unspecified atom stereocenters. The van der Waals surface area contributed by atoms with Crippen molar-refractivity contribution in [2.24, 2.45) is 0 Å². The molecular formula is C6H11Li2NO6. The number of aliphatic carboxylic acids is 3. The quantitative estimate of drug-likeness (QED) is 0.404. The van der Waals surface area contributed by atoms with Crippen LogP contribution in [0.1, 0.15) is 0 Å². The first-order chi connectivity index (χ1) is 5.91. The third kappa shape index (κ3) is 13.6. The molecule has 0 aromatic rings. The molecule has 0 saturated carbocycles. The number of nitrogens with zero attached hydrogens (tertiary/aromatic N) is 1. The fourth-order valence-electron chi connectivity index (χ4n) is 0.742. The van der Waals surface area contributed by atoms with Crippen LogP contribution in [-0.4, -0.2) is 95.5 Å². The van der Waals surface area contributed by atoms with Crippen molar-refractivity contribution in [2.45, 2.75) is 0 Å². The molecule has 3 N–H and O–H groups in total. The van der Waals surface area contributed by atoms with Crippen LogP contribution in [0.2, 0.25) is 0 Å². The summed E-state index contributed by atoms with van der Waals surface area (Å²) in [6.07, 6.45) is 0. The Labute approximate surface area is 110 Å². The van der Waals surface area contributed by atoms with E-state index in [0.717, 1.165) is 4.90 Å². The van der Waals surface area contributed by atoms with Gasteiger partial charge in [0.15, 0.2) is 0 Å². The van der Waals surface area contributed by atoms with Crippen molar-refractivity contribution in [1.82, 2.24) is 4.90 Å². The number of carboxylic acid groups (broad SMARTS) is 3. The first-order valence-electron chi connectivity index (χ1n) is 3.29. The van der Waals surface area contributed by atoms with Gasteiger partial charge in [-0.15, -0.1) is 0 Å². The van der Waals surface area contributed by atoms with Crippen molar-refractivity contribution in [3.8, 4) is 0 Å². The predicted molar refractivity (Wildman–Crippen MR) is 53.6 cm³/mol. The Balaban J connectivity index is -0.000000720. The molecule has 0 aliphatic rings. The Hall–Kier alpha value is -0.435. The van der Waals surface area contributed by atoms with Gasteiger partial charge in [0.05, 0.1) is 19.6 Å². The maximum absolute atomic E-state index is 10.1. The average Bonchev–Trinajstić information content (AvgIpc) is 1.80. The number of carbonyl (C=O) groups is 3. The minimum atomic E-state index is -1.26. The van der Waals surface area contributed by atoms with Gasteiger partial charge < -0.3 is 15.3 Å². The number of rotatable bonds is 6. The Morgan fingerprint density at radius 2 is 0.933 bits per heavy atom. The van der Waals surface area contributed by atoms with E-state index in [9.17, 15) is 14.4 Å². The van der Waals surface area contributed by atoms with E-state index in [1.807, 2.05) is 0 Å². The first kappa shape index (κ1) is 20.0. The van der Waals surface area contributed by atoms with Crippen molar-refractivity contribution in [2.75, 3.05) is 19.6 Å². The van der Waals surface area contributed by atoms with Gasteiger partial charge >= 0.3 is 55.6 Å². The second kappa shape index (κ2) is 10.1. The molecule has 0 saturated heterocycles. The topological polar surface area (TPSA) is 115 Å². The van der Waals surface area contributed by atoms with E-state index in [-0.39, 0.29) is 37.7 Å². The maximum atomic E-state index is 10.1. The fourth-order valence-corrected chi connectivity index (χ4v) is 0.742. The van der Waals surface area contributed by atoms with E-state index in [2.05, 4.69) is 0 Å². The summed E-state index contributed by atoms with van der Waals surface area (Å²) in [5.74, 6) is -3.78. The van der Waals surface area contributed by atoms with Crippen molar-refractivity contribution >= 4 is 55.6 Å². The second-order valence-electron chi connectivity index (χ2n) is 2.33. The van der Waals surface area contributed by atoms with Crippen molar-refractivity contribution in [1.29, 1.82) is 0 Å². The summed E-state index contributed by atoms with van der Waals surface area (Å²) in [4.78, 5) is 31.2. The molecule has 0 aromatic carbocycles. The van der Waals surface area contributed by atoms with E-state index in [4.69, 9.17) is 15.3 Å². The molecule has 0 fully saturated rings. The minimum absolute atomic E-state index is 0. The summed E-state index contributed by atoms with van der Waals surface area (Å²) < 4.78 is 0. The summed E-state index contributed by atoms with van der Waals surface area (Å²) in [5, 5.41) is 24.8. The van der Waals surface area contributed by atoms with Crippen LogP contribution in [-0.2, 0) is 14.4 Å². The summed E-state index contributed by atoms with van der Waals surface area (Å²) in [7, 11) is 0. The molecule has 15 heavy (non-hydrogen) atoms. The molecule has 0 aliphatic heterocycles. The molecular weight excluding hydrogens is 196 g/mol. The van der Waals surface area contributed by atoms with E-state index < -0.39 is 37.5 Å². The molecule has 0 bridgehead atoms. The van der Waals surface area contributed by atoms with E-state index in [1.54, 1.807) is 0 Å². The van der Waals surface area contributed by atoms with Crippen molar-refractivity contribution in [3.63, 3.8) is 0 Å². The third-order valence-corrected chi connectivity index (χ3v) is 1.08. The van der Waals surface area contributed by atoms with Crippen LogP contribution in [0.5, 0.6) is 0 Å². The van der Waals surface area contributed by atoms with Crippen LogP contribution in [0, 0.1) is 0 Å². The van der Waals surface area contributed by atoms with E-state index in [0.29, 0.717) is 0 Å². The summed E-state index contributed by atoms with van der Waals surface area (Å²) in [6, 6.07) is 0. The fraction of sp³-hybridized carbons (Fsp3) is 0.500. The van der Waals surface area contributed by atoms with Crippen LogP contribution in [0.25, 0.3) is 0 Å². The van der Waals surface area contributed by atoms with Crippen LogP contribution >= 0.6 is 0 Å². The Morgan fingerprint density at radius 3 is 1.07 bits per heavy atom. The molecule has 0 aromatic heterocycles. The summed E-state index contributed by atoms with van der Waals surface area (Å²) in [6.45, 7) is -1.80. The Kier molecular flexibility index (Phi) is 13.5. The van der Waals surface area contributed by atoms with E-state index >= 15 is 0 Å². The van der Waals surface area contributed by atoms with E-state index in [1.165, 1.54) is 0 Å². The van der Waals surface area contributed by atoms with Gasteiger partial charge in [-0.05, 0) is 0 Å². The van der Waals surface area contributed by atoms with Crippen LogP contribution in [0.4, 0.5) is 0 Å². The molecule has 0 heterocycles. The van der Waals surface area contributed by atoms with Crippen molar-refractivity contribution < 1.29 is 29.7 Å². The second-order valence-corrected chi connectivity index (χ2v) is 2.33. The molecule has 78 valence electrons.